The summed E-state index contributed by atoms with van der Waals surface area (Å²) in [4.78, 5) is 2.55. The summed E-state index contributed by atoms with van der Waals surface area (Å²) in [6.07, 6.45) is 2.45. The van der Waals surface area contributed by atoms with Crippen molar-refractivity contribution in [2.24, 2.45) is 0 Å². The van der Waals surface area contributed by atoms with Crippen LogP contribution in [0.1, 0.15) is 41.0 Å². The van der Waals surface area contributed by atoms with Gasteiger partial charge >= 0.3 is 0 Å². The number of benzene rings is 1. The molecule has 0 amide bonds. The fourth-order valence-electron chi connectivity index (χ4n) is 4.26. The standard InChI is InChI=1S/C19H25N3O/c1-14-17(15(2)23-21-14)12-22-9-7-19(8-10-22)13-20-11-16-5-3-4-6-18(16)19/h3-6,20H,7-13H2,1-2H3. The molecule has 2 aromatic rings. The van der Waals surface area contributed by atoms with Crippen LogP contribution in [-0.2, 0) is 18.5 Å². The molecule has 0 radical (unpaired) electrons. The summed E-state index contributed by atoms with van der Waals surface area (Å²) in [5.41, 5.74) is 5.69. The van der Waals surface area contributed by atoms with E-state index in [1.807, 2.05) is 13.8 Å². The summed E-state index contributed by atoms with van der Waals surface area (Å²) in [6.45, 7) is 9.43. The lowest BCUT2D eigenvalue weighted by molar-refractivity contribution is 0.144. The maximum absolute atomic E-state index is 5.31. The van der Waals surface area contributed by atoms with E-state index in [0.717, 1.165) is 44.2 Å². The van der Waals surface area contributed by atoms with E-state index in [9.17, 15) is 0 Å². The van der Waals surface area contributed by atoms with Crippen molar-refractivity contribution in [3.8, 4) is 0 Å². The van der Waals surface area contributed by atoms with E-state index in [1.54, 1.807) is 5.56 Å². The van der Waals surface area contributed by atoms with Crippen LogP contribution in [-0.4, -0.2) is 29.7 Å². The van der Waals surface area contributed by atoms with E-state index in [-0.39, 0.29) is 0 Å². The molecule has 23 heavy (non-hydrogen) atoms. The number of aryl methyl sites for hydroxylation is 2. The summed E-state index contributed by atoms with van der Waals surface area (Å²) >= 11 is 0. The third-order valence-corrected chi connectivity index (χ3v) is 5.74. The molecule has 1 fully saturated rings. The van der Waals surface area contributed by atoms with Crippen LogP contribution in [0.25, 0.3) is 0 Å². The smallest absolute Gasteiger partial charge is 0.138 e. The van der Waals surface area contributed by atoms with Crippen LogP contribution >= 0.6 is 0 Å². The molecule has 1 aromatic carbocycles. The van der Waals surface area contributed by atoms with Crippen LogP contribution in [0.15, 0.2) is 28.8 Å². The zero-order chi connectivity index (χ0) is 15.9. The molecule has 1 saturated heterocycles. The van der Waals surface area contributed by atoms with Crippen LogP contribution in [0.2, 0.25) is 0 Å². The number of piperidine rings is 1. The first-order valence-electron chi connectivity index (χ1n) is 8.61. The van der Waals surface area contributed by atoms with Crippen molar-refractivity contribution in [2.75, 3.05) is 19.6 Å². The molecular weight excluding hydrogens is 286 g/mol. The van der Waals surface area contributed by atoms with Gasteiger partial charge in [-0.3, -0.25) is 4.90 Å². The Morgan fingerprint density at radius 2 is 2.00 bits per heavy atom. The van der Waals surface area contributed by atoms with Gasteiger partial charge in [0.25, 0.3) is 0 Å². The number of rotatable bonds is 2. The minimum atomic E-state index is 0.323. The molecule has 4 heteroatoms. The molecule has 0 unspecified atom stereocenters. The Morgan fingerprint density at radius 1 is 1.22 bits per heavy atom. The quantitative estimate of drug-likeness (QED) is 0.926. The van der Waals surface area contributed by atoms with Gasteiger partial charge in [0.15, 0.2) is 0 Å². The second kappa shape index (κ2) is 5.77. The van der Waals surface area contributed by atoms with Gasteiger partial charge in [-0.25, -0.2) is 0 Å². The van der Waals surface area contributed by atoms with Crippen LogP contribution in [0.5, 0.6) is 0 Å². The molecule has 2 aliphatic heterocycles. The van der Waals surface area contributed by atoms with Crippen LogP contribution in [0.3, 0.4) is 0 Å². The lowest BCUT2D eigenvalue weighted by Crippen LogP contribution is -2.50. The highest BCUT2D eigenvalue weighted by molar-refractivity contribution is 5.37. The van der Waals surface area contributed by atoms with E-state index in [1.165, 1.54) is 24.0 Å². The Bertz CT molecular complexity index is 679. The highest BCUT2D eigenvalue weighted by Gasteiger charge is 2.39. The number of hydrogen-bond donors (Lipinski definition) is 1. The van der Waals surface area contributed by atoms with E-state index in [0.29, 0.717) is 5.41 Å². The van der Waals surface area contributed by atoms with Crippen molar-refractivity contribution < 1.29 is 4.52 Å². The molecule has 3 heterocycles. The number of fused-ring (bicyclic) bond motifs is 2. The van der Waals surface area contributed by atoms with Crippen LogP contribution in [0, 0.1) is 13.8 Å². The molecule has 0 bridgehead atoms. The number of aromatic nitrogens is 1. The molecule has 0 aliphatic carbocycles. The van der Waals surface area contributed by atoms with Gasteiger partial charge in [0, 0.05) is 30.6 Å². The number of nitrogens with zero attached hydrogens (tertiary/aromatic N) is 2. The van der Waals surface area contributed by atoms with Crippen molar-refractivity contribution in [3.63, 3.8) is 0 Å². The van der Waals surface area contributed by atoms with Crippen molar-refractivity contribution >= 4 is 0 Å². The highest BCUT2D eigenvalue weighted by atomic mass is 16.5. The number of hydrogen-bond acceptors (Lipinski definition) is 4. The largest absolute Gasteiger partial charge is 0.361 e. The predicted octanol–water partition coefficient (Wildman–Crippen LogP) is 2.93. The summed E-state index contributed by atoms with van der Waals surface area (Å²) in [7, 11) is 0. The molecular formula is C19H25N3O. The summed E-state index contributed by atoms with van der Waals surface area (Å²) in [5, 5.41) is 7.72. The maximum Gasteiger partial charge on any atom is 0.138 e. The van der Waals surface area contributed by atoms with Crippen LogP contribution < -0.4 is 5.32 Å². The van der Waals surface area contributed by atoms with E-state index < -0.39 is 0 Å². The fourth-order valence-corrected chi connectivity index (χ4v) is 4.26. The van der Waals surface area contributed by atoms with Crippen molar-refractivity contribution in [3.05, 3.63) is 52.4 Å². The molecule has 0 atom stereocenters. The molecule has 1 spiro atoms. The molecule has 0 saturated carbocycles. The molecule has 4 rings (SSSR count). The van der Waals surface area contributed by atoms with Gasteiger partial charge in [-0.15, -0.1) is 0 Å². The Morgan fingerprint density at radius 3 is 2.74 bits per heavy atom. The van der Waals surface area contributed by atoms with Crippen LogP contribution in [0.4, 0.5) is 0 Å². The predicted molar refractivity (Wildman–Crippen MR) is 90.3 cm³/mol. The fraction of sp³-hybridized carbons (Fsp3) is 0.526. The first-order valence-corrected chi connectivity index (χ1v) is 8.61. The molecule has 2 aliphatic rings. The first-order chi connectivity index (χ1) is 11.2. The molecule has 1 aromatic heterocycles. The van der Waals surface area contributed by atoms with E-state index in [4.69, 9.17) is 4.52 Å². The summed E-state index contributed by atoms with van der Waals surface area (Å²) in [6, 6.07) is 8.98. The summed E-state index contributed by atoms with van der Waals surface area (Å²) in [5.74, 6) is 0.965. The minimum Gasteiger partial charge on any atom is -0.361 e. The Kier molecular flexibility index (Phi) is 3.74. The van der Waals surface area contributed by atoms with Gasteiger partial charge in [-0.1, -0.05) is 29.4 Å². The minimum absolute atomic E-state index is 0.323. The average molecular weight is 311 g/mol. The van der Waals surface area contributed by atoms with Crippen molar-refractivity contribution in [1.29, 1.82) is 0 Å². The lowest BCUT2D eigenvalue weighted by Gasteiger charge is -2.45. The second-order valence-electron chi connectivity index (χ2n) is 7.12. The Balaban J connectivity index is 1.50. The van der Waals surface area contributed by atoms with Gasteiger partial charge in [-0.05, 0) is 50.9 Å². The van der Waals surface area contributed by atoms with Crippen molar-refractivity contribution in [1.82, 2.24) is 15.4 Å². The van der Waals surface area contributed by atoms with Gasteiger partial charge in [0.1, 0.15) is 5.76 Å². The topological polar surface area (TPSA) is 41.3 Å². The monoisotopic (exact) mass is 311 g/mol. The zero-order valence-corrected chi connectivity index (χ0v) is 14.1. The lowest BCUT2D eigenvalue weighted by atomic mass is 9.69. The average Bonchev–Trinajstić information content (AvgIpc) is 2.89. The molecule has 122 valence electrons. The maximum atomic E-state index is 5.31. The number of nitrogens with one attached hydrogen (secondary N) is 1. The Hall–Kier alpha value is -1.65. The second-order valence-corrected chi connectivity index (χ2v) is 7.12. The van der Waals surface area contributed by atoms with Gasteiger partial charge in [0.2, 0.25) is 0 Å². The van der Waals surface area contributed by atoms with Crippen molar-refractivity contribution in [2.45, 2.75) is 45.2 Å². The normalized spacial score (nSPS) is 20.6. The first kappa shape index (κ1) is 14.9. The SMILES string of the molecule is Cc1noc(C)c1CN1CCC2(CC1)CNCc1ccccc12. The summed E-state index contributed by atoms with van der Waals surface area (Å²) < 4.78 is 5.31. The Labute approximate surface area is 137 Å². The van der Waals surface area contributed by atoms with E-state index >= 15 is 0 Å². The van der Waals surface area contributed by atoms with Gasteiger partial charge in [-0.2, -0.15) is 0 Å². The van der Waals surface area contributed by atoms with Gasteiger partial charge in [0.05, 0.1) is 5.69 Å². The highest BCUT2D eigenvalue weighted by Crippen LogP contribution is 2.39. The van der Waals surface area contributed by atoms with E-state index in [2.05, 4.69) is 39.6 Å². The molecule has 1 N–H and O–H groups in total. The third-order valence-electron chi connectivity index (χ3n) is 5.74. The van der Waals surface area contributed by atoms with Gasteiger partial charge < -0.3 is 9.84 Å². The third kappa shape index (κ3) is 2.60. The zero-order valence-electron chi connectivity index (χ0n) is 14.1. The number of likely N-dealkylation sites (tertiary alicyclic amines) is 1. The molecule has 4 nitrogen and oxygen atoms in total.